The lowest BCUT2D eigenvalue weighted by atomic mass is 10.1. The average Bonchev–Trinajstić information content (AvgIpc) is 2.85. The second-order valence-corrected chi connectivity index (χ2v) is 6.77. The maximum atomic E-state index is 6.22. The molecule has 26 heavy (non-hydrogen) atoms. The summed E-state index contributed by atoms with van der Waals surface area (Å²) >= 11 is 0. The van der Waals surface area contributed by atoms with Gasteiger partial charge in [-0.25, -0.2) is 0 Å². The zero-order valence-corrected chi connectivity index (χ0v) is 15.4. The highest BCUT2D eigenvalue weighted by atomic mass is 16.6. The van der Waals surface area contributed by atoms with Crippen LogP contribution >= 0.6 is 0 Å². The summed E-state index contributed by atoms with van der Waals surface area (Å²) in [6.07, 6.45) is 1.16. The molecule has 0 aromatic heterocycles. The SMILES string of the molecule is CCC1CN(Cc2ccc3c(c2)OCCO3)Cc2cc(OC)ccc2O1. The first-order valence-electron chi connectivity index (χ1n) is 9.19. The van der Waals surface area contributed by atoms with Crippen LogP contribution in [0.15, 0.2) is 36.4 Å². The number of benzene rings is 2. The molecule has 0 radical (unpaired) electrons. The Morgan fingerprint density at radius 3 is 2.65 bits per heavy atom. The zero-order valence-electron chi connectivity index (χ0n) is 15.4. The van der Waals surface area contributed by atoms with Crippen LogP contribution < -0.4 is 18.9 Å². The van der Waals surface area contributed by atoms with E-state index in [4.69, 9.17) is 18.9 Å². The van der Waals surface area contributed by atoms with Crippen molar-refractivity contribution in [2.45, 2.75) is 32.5 Å². The molecule has 1 unspecified atom stereocenters. The molecule has 2 aromatic rings. The lowest BCUT2D eigenvalue weighted by Crippen LogP contribution is -2.32. The van der Waals surface area contributed by atoms with Crippen LogP contribution in [0.3, 0.4) is 0 Å². The summed E-state index contributed by atoms with van der Waals surface area (Å²) in [5.41, 5.74) is 2.38. The molecule has 0 spiro atoms. The van der Waals surface area contributed by atoms with Crippen LogP contribution in [0.25, 0.3) is 0 Å². The minimum Gasteiger partial charge on any atom is -0.497 e. The average molecular weight is 355 g/mol. The number of fused-ring (bicyclic) bond motifs is 2. The number of hydrogen-bond acceptors (Lipinski definition) is 5. The van der Waals surface area contributed by atoms with Gasteiger partial charge in [0.15, 0.2) is 11.5 Å². The number of nitrogens with zero attached hydrogens (tertiary/aromatic N) is 1. The van der Waals surface area contributed by atoms with Crippen molar-refractivity contribution in [1.82, 2.24) is 4.90 Å². The molecule has 0 amide bonds. The summed E-state index contributed by atoms with van der Waals surface area (Å²) in [5, 5.41) is 0. The van der Waals surface area contributed by atoms with Gasteiger partial charge in [0.1, 0.15) is 30.8 Å². The van der Waals surface area contributed by atoms with Gasteiger partial charge in [-0.3, -0.25) is 4.90 Å². The summed E-state index contributed by atoms with van der Waals surface area (Å²) in [6.45, 7) is 5.96. The van der Waals surface area contributed by atoms with E-state index in [1.54, 1.807) is 7.11 Å². The number of methoxy groups -OCH3 is 1. The maximum absolute atomic E-state index is 6.22. The van der Waals surface area contributed by atoms with Gasteiger partial charge in [-0.2, -0.15) is 0 Å². The van der Waals surface area contributed by atoms with Crippen molar-refractivity contribution >= 4 is 0 Å². The lowest BCUT2D eigenvalue weighted by molar-refractivity contribution is 0.139. The van der Waals surface area contributed by atoms with E-state index in [-0.39, 0.29) is 6.10 Å². The zero-order chi connectivity index (χ0) is 17.9. The Kier molecular flexibility index (Phi) is 4.89. The van der Waals surface area contributed by atoms with Gasteiger partial charge in [0.05, 0.1) is 7.11 Å². The monoisotopic (exact) mass is 355 g/mol. The minimum absolute atomic E-state index is 0.182. The Balaban J connectivity index is 1.57. The molecule has 2 aliphatic rings. The fourth-order valence-corrected chi connectivity index (χ4v) is 3.51. The molecule has 5 heteroatoms. The molecule has 2 aromatic carbocycles. The van der Waals surface area contributed by atoms with Crippen molar-refractivity contribution in [3.63, 3.8) is 0 Å². The van der Waals surface area contributed by atoms with Gasteiger partial charge in [0.2, 0.25) is 0 Å². The molecular formula is C21H25NO4. The van der Waals surface area contributed by atoms with Gasteiger partial charge in [-0.15, -0.1) is 0 Å². The van der Waals surface area contributed by atoms with Gasteiger partial charge in [0, 0.05) is 25.2 Å². The first kappa shape index (κ1) is 17.0. The lowest BCUT2D eigenvalue weighted by Gasteiger charge is -2.24. The summed E-state index contributed by atoms with van der Waals surface area (Å²) in [5.74, 6) is 3.50. The van der Waals surface area contributed by atoms with Crippen LogP contribution in [0.1, 0.15) is 24.5 Å². The van der Waals surface area contributed by atoms with Gasteiger partial charge in [-0.1, -0.05) is 13.0 Å². The summed E-state index contributed by atoms with van der Waals surface area (Å²) in [4.78, 5) is 2.42. The smallest absolute Gasteiger partial charge is 0.161 e. The normalized spacial score (nSPS) is 19.2. The van der Waals surface area contributed by atoms with Crippen molar-refractivity contribution in [3.05, 3.63) is 47.5 Å². The first-order valence-corrected chi connectivity index (χ1v) is 9.19. The first-order chi connectivity index (χ1) is 12.7. The molecule has 2 heterocycles. The maximum Gasteiger partial charge on any atom is 0.161 e. The van der Waals surface area contributed by atoms with Gasteiger partial charge >= 0.3 is 0 Å². The van der Waals surface area contributed by atoms with Crippen molar-refractivity contribution in [2.75, 3.05) is 26.9 Å². The Morgan fingerprint density at radius 1 is 1.04 bits per heavy atom. The predicted octanol–water partition coefficient (Wildman–Crippen LogP) is 3.64. The largest absolute Gasteiger partial charge is 0.497 e. The Morgan fingerprint density at radius 2 is 1.85 bits per heavy atom. The number of hydrogen-bond donors (Lipinski definition) is 0. The van der Waals surface area contributed by atoms with E-state index in [2.05, 4.69) is 30.0 Å². The summed E-state index contributed by atoms with van der Waals surface area (Å²) in [7, 11) is 1.70. The van der Waals surface area contributed by atoms with Crippen LogP contribution in [-0.2, 0) is 13.1 Å². The van der Waals surface area contributed by atoms with E-state index >= 15 is 0 Å². The van der Waals surface area contributed by atoms with E-state index in [0.29, 0.717) is 13.2 Å². The van der Waals surface area contributed by atoms with Crippen LogP contribution in [0.5, 0.6) is 23.0 Å². The molecule has 1 atom stereocenters. The third-order valence-corrected chi connectivity index (χ3v) is 4.89. The molecule has 0 bridgehead atoms. The molecular weight excluding hydrogens is 330 g/mol. The van der Waals surface area contributed by atoms with E-state index in [1.807, 2.05) is 18.2 Å². The van der Waals surface area contributed by atoms with E-state index in [9.17, 15) is 0 Å². The second-order valence-electron chi connectivity index (χ2n) is 6.77. The molecule has 2 aliphatic heterocycles. The topological polar surface area (TPSA) is 40.2 Å². The van der Waals surface area contributed by atoms with Gasteiger partial charge < -0.3 is 18.9 Å². The molecule has 0 aliphatic carbocycles. The third-order valence-electron chi connectivity index (χ3n) is 4.89. The molecule has 0 saturated heterocycles. The van der Waals surface area contributed by atoms with Gasteiger partial charge in [0.25, 0.3) is 0 Å². The van der Waals surface area contributed by atoms with Crippen LogP contribution in [0, 0.1) is 0 Å². The molecule has 5 nitrogen and oxygen atoms in total. The van der Waals surface area contributed by atoms with Crippen molar-refractivity contribution in [3.8, 4) is 23.0 Å². The standard InChI is InChI=1S/C21H25NO4/c1-3-17-14-22(13-16-11-18(23-2)5-7-19(16)26-17)12-15-4-6-20-21(10-15)25-9-8-24-20/h4-7,10-11,17H,3,8-9,12-14H2,1-2H3. The molecule has 138 valence electrons. The fourth-order valence-electron chi connectivity index (χ4n) is 3.51. The predicted molar refractivity (Wildman–Crippen MR) is 99.2 cm³/mol. The van der Waals surface area contributed by atoms with E-state index in [0.717, 1.165) is 54.6 Å². The quantitative estimate of drug-likeness (QED) is 0.837. The summed E-state index contributed by atoms with van der Waals surface area (Å²) < 4.78 is 23.0. The second kappa shape index (κ2) is 7.46. The molecule has 0 N–H and O–H groups in total. The van der Waals surface area contributed by atoms with Gasteiger partial charge in [-0.05, 0) is 42.3 Å². The Labute approximate surface area is 154 Å². The van der Waals surface area contributed by atoms with Crippen LogP contribution in [-0.4, -0.2) is 37.9 Å². The van der Waals surface area contributed by atoms with Crippen molar-refractivity contribution < 1.29 is 18.9 Å². The van der Waals surface area contributed by atoms with Crippen LogP contribution in [0.4, 0.5) is 0 Å². The summed E-state index contributed by atoms with van der Waals surface area (Å²) in [6, 6.07) is 12.3. The Hall–Kier alpha value is -2.40. The number of rotatable bonds is 4. The number of ether oxygens (including phenoxy) is 4. The third kappa shape index (κ3) is 3.58. The minimum atomic E-state index is 0.182. The highest BCUT2D eigenvalue weighted by molar-refractivity contribution is 5.44. The molecule has 0 saturated carbocycles. The van der Waals surface area contributed by atoms with E-state index < -0.39 is 0 Å². The van der Waals surface area contributed by atoms with E-state index in [1.165, 1.54) is 5.56 Å². The highest BCUT2D eigenvalue weighted by Crippen LogP contribution is 2.33. The van der Waals surface area contributed by atoms with Crippen molar-refractivity contribution in [2.24, 2.45) is 0 Å². The van der Waals surface area contributed by atoms with Crippen molar-refractivity contribution in [1.29, 1.82) is 0 Å². The fraction of sp³-hybridized carbons (Fsp3) is 0.429. The Bertz CT molecular complexity index is 777. The molecule has 4 rings (SSSR count). The molecule has 0 fully saturated rings. The highest BCUT2D eigenvalue weighted by Gasteiger charge is 2.23. The van der Waals surface area contributed by atoms with Crippen LogP contribution in [0.2, 0.25) is 0 Å².